The van der Waals surface area contributed by atoms with Gasteiger partial charge >= 0.3 is 13.1 Å². The fourth-order valence-corrected chi connectivity index (χ4v) is 1.54. The molecule has 1 rings (SSSR count). The number of esters is 1. The zero-order valence-electron chi connectivity index (χ0n) is 10.5. The predicted octanol–water partition coefficient (Wildman–Crippen LogP) is 1.89. The highest BCUT2D eigenvalue weighted by Crippen LogP contribution is 2.23. The number of carbonyl (C=O) groups is 1. The Kier molecular flexibility index (Phi) is 5.28. The van der Waals surface area contributed by atoms with E-state index in [0.717, 1.165) is 26.0 Å². The molecule has 0 aromatic heterocycles. The molecule has 0 bridgehead atoms. The first-order chi connectivity index (χ1) is 7.53. The summed E-state index contributed by atoms with van der Waals surface area (Å²) in [4.78, 5) is 11.1. The molecule has 0 atom stereocenters. The van der Waals surface area contributed by atoms with E-state index in [1.807, 2.05) is 6.92 Å². The first-order valence-electron chi connectivity index (χ1n) is 5.92. The quantitative estimate of drug-likeness (QED) is 0.532. The van der Waals surface area contributed by atoms with E-state index in [-0.39, 0.29) is 18.5 Å². The Bertz CT molecular complexity index is 220. The van der Waals surface area contributed by atoms with Gasteiger partial charge in [-0.3, -0.25) is 4.79 Å². The Balaban J connectivity index is 2.09. The largest absolute Gasteiger partial charge is 0.466 e. The second kappa shape index (κ2) is 6.25. The predicted molar refractivity (Wildman–Crippen MR) is 62.1 cm³/mol. The molecular formula is C11H21BO4. The Morgan fingerprint density at radius 1 is 1.38 bits per heavy atom. The summed E-state index contributed by atoms with van der Waals surface area (Å²) in [5, 5.41) is 0. The van der Waals surface area contributed by atoms with Crippen molar-refractivity contribution in [2.24, 2.45) is 5.41 Å². The molecule has 0 unspecified atom stereocenters. The highest BCUT2D eigenvalue weighted by molar-refractivity contribution is 6.44. The van der Waals surface area contributed by atoms with Gasteiger partial charge in [0.15, 0.2) is 0 Å². The van der Waals surface area contributed by atoms with Gasteiger partial charge in [-0.1, -0.05) is 13.8 Å². The number of carbonyl (C=O) groups excluding carboxylic acids is 1. The topological polar surface area (TPSA) is 44.8 Å². The number of ether oxygens (including phenoxy) is 1. The van der Waals surface area contributed by atoms with Gasteiger partial charge in [0.05, 0.1) is 6.61 Å². The van der Waals surface area contributed by atoms with Crippen LogP contribution in [0.2, 0.25) is 6.32 Å². The van der Waals surface area contributed by atoms with Gasteiger partial charge in [0.1, 0.15) is 0 Å². The molecule has 0 amide bonds. The van der Waals surface area contributed by atoms with Crippen LogP contribution in [0.3, 0.4) is 0 Å². The van der Waals surface area contributed by atoms with E-state index in [1.54, 1.807) is 0 Å². The minimum Gasteiger partial charge on any atom is -0.466 e. The molecular weight excluding hydrogens is 207 g/mol. The van der Waals surface area contributed by atoms with Crippen LogP contribution in [0.1, 0.15) is 33.6 Å². The van der Waals surface area contributed by atoms with Crippen molar-refractivity contribution in [3.05, 3.63) is 0 Å². The summed E-state index contributed by atoms with van der Waals surface area (Å²) in [6, 6.07) is 0. The third kappa shape index (κ3) is 4.99. The smallest absolute Gasteiger partial charge is 0.456 e. The third-order valence-electron chi connectivity index (χ3n) is 2.45. The van der Waals surface area contributed by atoms with Gasteiger partial charge in [0, 0.05) is 25.0 Å². The van der Waals surface area contributed by atoms with Crippen molar-refractivity contribution in [3.63, 3.8) is 0 Å². The van der Waals surface area contributed by atoms with Crippen LogP contribution in [0.5, 0.6) is 0 Å². The monoisotopic (exact) mass is 228 g/mol. The van der Waals surface area contributed by atoms with Gasteiger partial charge in [0.2, 0.25) is 0 Å². The van der Waals surface area contributed by atoms with E-state index < -0.39 is 0 Å². The molecule has 0 radical (unpaired) electrons. The second-order valence-electron chi connectivity index (χ2n) is 4.91. The van der Waals surface area contributed by atoms with Crippen molar-refractivity contribution in [1.82, 2.24) is 0 Å². The maximum Gasteiger partial charge on any atom is 0.456 e. The van der Waals surface area contributed by atoms with Gasteiger partial charge in [-0.25, -0.2) is 0 Å². The van der Waals surface area contributed by atoms with Crippen LogP contribution in [0.15, 0.2) is 0 Å². The number of rotatable bonds is 5. The highest BCUT2D eigenvalue weighted by atomic mass is 16.6. The first-order valence-corrected chi connectivity index (χ1v) is 5.92. The molecule has 16 heavy (non-hydrogen) atoms. The van der Waals surface area contributed by atoms with Crippen molar-refractivity contribution >= 4 is 13.1 Å². The van der Waals surface area contributed by atoms with Crippen LogP contribution in [-0.4, -0.2) is 32.9 Å². The molecule has 0 N–H and O–H groups in total. The molecule has 1 saturated heterocycles. The molecule has 0 aromatic carbocycles. The van der Waals surface area contributed by atoms with Crippen LogP contribution < -0.4 is 0 Å². The molecule has 1 heterocycles. The minimum atomic E-state index is -0.151. The minimum absolute atomic E-state index is 0.109. The van der Waals surface area contributed by atoms with Crippen molar-refractivity contribution in [1.29, 1.82) is 0 Å². The van der Waals surface area contributed by atoms with Gasteiger partial charge in [-0.2, -0.15) is 0 Å². The zero-order valence-corrected chi connectivity index (χ0v) is 10.5. The molecule has 4 nitrogen and oxygen atoms in total. The number of hydrogen-bond donors (Lipinski definition) is 0. The van der Waals surface area contributed by atoms with Gasteiger partial charge < -0.3 is 14.0 Å². The average Bonchev–Trinajstić information content (AvgIpc) is 2.21. The summed E-state index contributed by atoms with van der Waals surface area (Å²) in [7, 11) is -0.151. The van der Waals surface area contributed by atoms with E-state index in [0.29, 0.717) is 13.0 Å². The Hall–Kier alpha value is -0.545. The summed E-state index contributed by atoms with van der Waals surface area (Å²) in [6.07, 6.45) is 1.96. The van der Waals surface area contributed by atoms with Crippen LogP contribution >= 0.6 is 0 Å². The van der Waals surface area contributed by atoms with Crippen LogP contribution in [-0.2, 0) is 18.8 Å². The Morgan fingerprint density at radius 2 is 2.00 bits per heavy atom. The first kappa shape index (κ1) is 13.5. The lowest BCUT2D eigenvalue weighted by Crippen LogP contribution is -2.40. The van der Waals surface area contributed by atoms with E-state index in [9.17, 15) is 4.79 Å². The van der Waals surface area contributed by atoms with Crippen molar-refractivity contribution < 1.29 is 18.8 Å². The van der Waals surface area contributed by atoms with Crippen molar-refractivity contribution in [2.75, 3.05) is 19.8 Å². The molecule has 1 fully saturated rings. The maximum atomic E-state index is 11.1. The van der Waals surface area contributed by atoms with Gasteiger partial charge in [-0.15, -0.1) is 0 Å². The second-order valence-corrected chi connectivity index (χ2v) is 4.91. The molecule has 0 aromatic rings. The lowest BCUT2D eigenvalue weighted by atomic mass is 9.78. The van der Waals surface area contributed by atoms with E-state index in [2.05, 4.69) is 13.8 Å². The average molecular weight is 228 g/mol. The van der Waals surface area contributed by atoms with Gasteiger partial charge in [0.25, 0.3) is 0 Å². The summed E-state index contributed by atoms with van der Waals surface area (Å²) >= 11 is 0. The summed E-state index contributed by atoms with van der Waals surface area (Å²) < 4.78 is 16.0. The van der Waals surface area contributed by atoms with E-state index >= 15 is 0 Å². The Labute approximate surface area is 97.8 Å². The fourth-order valence-electron chi connectivity index (χ4n) is 1.54. The molecule has 0 saturated carbocycles. The van der Waals surface area contributed by atoms with Crippen LogP contribution in [0, 0.1) is 5.41 Å². The molecule has 0 spiro atoms. The SMILES string of the molecule is CCOC(=O)CCCB1OCC(C)(C)CO1. The number of hydrogen-bond acceptors (Lipinski definition) is 4. The molecule has 1 aliphatic heterocycles. The fraction of sp³-hybridized carbons (Fsp3) is 0.909. The van der Waals surface area contributed by atoms with E-state index in [1.165, 1.54) is 0 Å². The standard InChI is InChI=1S/C11H21BO4/c1-4-14-10(13)6-5-7-12-15-8-11(2,3)9-16-12/h4-9H2,1-3H3. The summed E-state index contributed by atoms with van der Waals surface area (Å²) in [5.74, 6) is -0.140. The van der Waals surface area contributed by atoms with Gasteiger partial charge in [-0.05, 0) is 19.7 Å². The zero-order chi connectivity index (χ0) is 12.0. The molecule has 1 aliphatic rings. The van der Waals surface area contributed by atoms with Crippen LogP contribution in [0.4, 0.5) is 0 Å². The third-order valence-corrected chi connectivity index (χ3v) is 2.45. The lowest BCUT2D eigenvalue weighted by Gasteiger charge is -2.33. The summed E-state index contributed by atoms with van der Waals surface area (Å²) in [5.41, 5.74) is 0.109. The maximum absolute atomic E-state index is 11.1. The van der Waals surface area contributed by atoms with Crippen molar-refractivity contribution in [2.45, 2.75) is 39.9 Å². The molecule has 5 heteroatoms. The summed E-state index contributed by atoms with van der Waals surface area (Å²) in [6.45, 7) is 7.93. The normalized spacial score (nSPS) is 19.6. The van der Waals surface area contributed by atoms with E-state index in [4.69, 9.17) is 14.0 Å². The highest BCUT2D eigenvalue weighted by Gasteiger charge is 2.31. The Morgan fingerprint density at radius 3 is 2.56 bits per heavy atom. The molecule has 92 valence electrons. The van der Waals surface area contributed by atoms with Crippen molar-refractivity contribution in [3.8, 4) is 0 Å². The lowest BCUT2D eigenvalue weighted by molar-refractivity contribution is -0.143. The molecule has 0 aliphatic carbocycles. The van der Waals surface area contributed by atoms with Crippen LogP contribution in [0.25, 0.3) is 0 Å².